The molecule has 162 valence electrons. The van der Waals surface area contributed by atoms with Crippen molar-refractivity contribution >= 4 is 17.8 Å². The standard InChI is InChI=1S/C21H31N3O5.Na.H/c22-13-5-4-9-16(19(25)24-14-6-10-18(24)21(28)29)23-17(20(26)27)12-11-15-7-2-1-3-8-15;;/h1-3,7-8,16-18,23H,4-6,9-14,22H2,(H,26,27)(H,28,29);;/q;+1;-1/t16?,17?,18-;;/m0../s1. The van der Waals surface area contributed by atoms with Crippen molar-refractivity contribution in [2.45, 2.75) is 63.1 Å². The SMILES string of the molecule is NCCCCC(NC(CCc1ccccc1)C(=O)O)C(=O)N1CCC[C@H]1C(=O)O.[H-].[Na+]. The molecule has 0 bridgehead atoms. The number of likely N-dealkylation sites (tertiary alicyclic amines) is 1. The van der Waals surface area contributed by atoms with E-state index in [1.165, 1.54) is 4.90 Å². The molecule has 1 saturated heterocycles. The Balaban J connectivity index is 0.00000450. The van der Waals surface area contributed by atoms with E-state index in [-0.39, 0.29) is 36.9 Å². The summed E-state index contributed by atoms with van der Waals surface area (Å²) in [5.41, 5.74) is 6.57. The van der Waals surface area contributed by atoms with E-state index in [9.17, 15) is 24.6 Å². The first-order valence-corrected chi connectivity index (χ1v) is 10.2. The van der Waals surface area contributed by atoms with Gasteiger partial charge in [-0.3, -0.25) is 14.9 Å². The molecule has 0 saturated carbocycles. The molecule has 1 amide bonds. The van der Waals surface area contributed by atoms with Crippen molar-refractivity contribution in [1.82, 2.24) is 10.2 Å². The number of carboxylic acid groups (broad SMARTS) is 2. The number of nitrogens with one attached hydrogen (secondary N) is 1. The van der Waals surface area contributed by atoms with Crippen molar-refractivity contribution in [2.75, 3.05) is 13.1 Å². The molecule has 1 heterocycles. The minimum absolute atomic E-state index is 0. The van der Waals surface area contributed by atoms with E-state index in [2.05, 4.69) is 5.32 Å². The fourth-order valence-corrected chi connectivity index (χ4v) is 3.73. The number of carbonyl (C=O) groups is 3. The maximum Gasteiger partial charge on any atom is 1.00 e. The summed E-state index contributed by atoms with van der Waals surface area (Å²) in [6, 6.07) is 7.10. The maximum absolute atomic E-state index is 13.1. The number of unbranched alkanes of at least 4 members (excludes halogenated alkanes) is 1. The van der Waals surface area contributed by atoms with Crippen LogP contribution in [-0.2, 0) is 20.8 Å². The van der Waals surface area contributed by atoms with Gasteiger partial charge in [-0.1, -0.05) is 36.8 Å². The Morgan fingerprint density at radius 1 is 1.13 bits per heavy atom. The molecule has 8 nitrogen and oxygen atoms in total. The van der Waals surface area contributed by atoms with E-state index in [1.54, 1.807) is 0 Å². The van der Waals surface area contributed by atoms with Crippen molar-refractivity contribution in [1.29, 1.82) is 0 Å². The van der Waals surface area contributed by atoms with Gasteiger partial charge in [-0.25, -0.2) is 4.79 Å². The van der Waals surface area contributed by atoms with Crippen LogP contribution in [0.3, 0.4) is 0 Å². The van der Waals surface area contributed by atoms with Gasteiger partial charge in [0, 0.05) is 6.54 Å². The molecular formula is C21H32N3NaO5. The Morgan fingerprint density at radius 2 is 1.83 bits per heavy atom. The average Bonchev–Trinajstić information content (AvgIpc) is 3.20. The second-order valence-electron chi connectivity index (χ2n) is 7.45. The number of benzene rings is 1. The topological polar surface area (TPSA) is 133 Å². The van der Waals surface area contributed by atoms with Crippen LogP contribution in [0.2, 0.25) is 0 Å². The van der Waals surface area contributed by atoms with Gasteiger partial charge in [0.1, 0.15) is 12.1 Å². The van der Waals surface area contributed by atoms with Gasteiger partial charge in [0.05, 0.1) is 6.04 Å². The Bertz CT molecular complexity index is 695. The molecule has 1 fully saturated rings. The first-order chi connectivity index (χ1) is 13.9. The smallest absolute Gasteiger partial charge is 1.00 e. The van der Waals surface area contributed by atoms with Crippen LogP contribution in [0.25, 0.3) is 0 Å². The summed E-state index contributed by atoms with van der Waals surface area (Å²) in [5, 5.41) is 22.0. The fourth-order valence-electron chi connectivity index (χ4n) is 3.73. The van der Waals surface area contributed by atoms with E-state index < -0.39 is 30.1 Å². The van der Waals surface area contributed by atoms with Crippen molar-refractivity contribution in [3.8, 4) is 0 Å². The number of aliphatic carboxylic acids is 2. The quantitative estimate of drug-likeness (QED) is 0.231. The van der Waals surface area contributed by atoms with E-state index >= 15 is 0 Å². The van der Waals surface area contributed by atoms with Crippen LogP contribution >= 0.6 is 0 Å². The summed E-state index contributed by atoms with van der Waals surface area (Å²) in [6.07, 6.45) is 3.76. The summed E-state index contributed by atoms with van der Waals surface area (Å²) < 4.78 is 0. The van der Waals surface area contributed by atoms with Crippen LogP contribution in [0.5, 0.6) is 0 Å². The number of hydrogen-bond acceptors (Lipinski definition) is 5. The third-order valence-corrected chi connectivity index (χ3v) is 5.33. The number of carboxylic acids is 2. The third kappa shape index (κ3) is 8.00. The number of amides is 1. The molecule has 1 aliphatic heterocycles. The Kier molecular flexibility index (Phi) is 12.2. The molecule has 2 rings (SSSR count). The predicted octanol–water partition coefficient (Wildman–Crippen LogP) is -1.65. The van der Waals surface area contributed by atoms with E-state index in [4.69, 9.17) is 5.73 Å². The molecule has 2 unspecified atom stereocenters. The number of aryl methyl sites for hydroxylation is 1. The monoisotopic (exact) mass is 429 g/mol. The van der Waals surface area contributed by atoms with Gasteiger partial charge >= 0.3 is 41.5 Å². The number of hydrogen-bond donors (Lipinski definition) is 4. The molecule has 0 radical (unpaired) electrons. The van der Waals surface area contributed by atoms with Crippen molar-refractivity contribution in [3.05, 3.63) is 35.9 Å². The summed E-state index contributed by atoms with van der Waals surface area (Å²) in [4.78, 5) is 37.7. The third-order valence-electron chi connectivity index (χ3n) is 5.33. The maximum atomic E-state index is 13.1. The molecular weight excluding hydrogens is 397 g/mol. The number of nitrogens with zero attached hydrogens (tertiary/aromatic N) is 1. The van der Waals surface area contributed by atoms with Crippen molar-refractivity contribution in [2.24, 2.45) is 5.73 Å². The average molecular weight is 429 g/mol. The molecule has 1 aromatic carbocycles. The Labute approximate surface area is 201 Å². The van der Waals surface area contributed by atoms with Gasteiger partial charge < -0.3 is 22.3 Å². The molecule has 1 aromatic rings. The van der Waals surface area contributed by atoms with Gasteiger partial charge in [-0.2, -0.15) is 0 Å². The van der Waals surface area contributed by atoms with Crippen LogP contribution in [0.1, 0.15) is 45.5 Å². The first kappa shape index (κ1) is 26.6. The minimum atomic E-state index is -1.02. The summed E-state index contributed by atoms with van der Waals surface area (Å²) >= 11 is 0. The summed E-state index contributed by atoms with van der Waals surface area (Å²) in [5.74, 6) is -2.37. The number of nitrogens with two attached hydrogens (primary N) is 1. The molecule has 5 N–H and O–H groups in total. The van der Waals surface area contributed by atoms with E-state index in [1.807, 2.05) is 30.3 Å². The van der Waals surface area contributed by atoms with Crippen LogP contribution in [0, 0.1) is 0 Å². The van der Waals surface area contributed by atoms with E-state index in [0.717, 1.165) is 12.0 Å². The van der Waals surface area contributed by atoms with Crippen molar-refractivity contribution in [3.63, 3.8) is 0 Å². The summed E-state index contributed by atoms with van der Waals surface area (Å²) in [7, 11) is 0. The van der Waals surface area contributed by atoms with Crippen LogP contribution in [-0.4, -0.2) is 64.2 Å². The van der Waals surface area contributed by atoms with Crippen molar-refractivity contribution < 1.29 is 55.6 Å². The molecule has 3 atom stereocenters. The summed E-state index contributed by atoms with van der Waals surface area (Å²) in [6.45, 7) is 0.866. The van der Waals surface area contributed by atoms with Gasteiger partial charge in [0.25, 0.3) is 0 Å². The van der Waals surface area contributed by atoms with E-state index in [0.29, 0.717) is 51.6 Å². The zero-order valence-corrected chi connectivity index (χ0v) is 19.6. The first-order valence-electron chi connectivity index (χ1n) is 10.2. The predicted molar refractivity (Wildman–Crippen MR) is 109 cm³/mol. The Hall–Kier alpha value is -1.45. The zero-order chi connectivity index (χ0) is 21.2. The molecule has 9 heteroatoms. The molecule has 30 heavy (non-hydrogen) atoms. The zero-order valence-electron chi connectivity index (χ0n) is 18.6. The fraction of sp³-hybridized carbons (Fsp3) is 0.571. The largest absolute Gasteiger partial charge is 1.00 e. The van der Waals surface area contributed by atoms with Crippen LogP contribution < -0.4 is 40.6 Å². The van der Waals surface area contributed by atoms with Gasteiger partial charge in [0.2, 0.25) is 5.91 Å². The normalized spacial score (nSPS) is 17.8. The van der Waals surface area contributed by atoms with Gasteiger partial charge in [0.15, 0.2) is 0 Å². The molecule has 1 aliphatic rings. The molecule has 0 aliphatic carbocycles. The number of carbonyl (C=O) groups excluding carboxylic acids is 1. The molecule has 0 spiro atoms. The second-order valence-corrected chi connectivity index (χ2v) is 7.45. The Morgan fingerprint density at radius 3 is 2.43 bits per heavy atom. The van der Waals surface area contributed by atoms with Gasteiger partial charge in [-0.15, -0.1) is 0 Å². The van der Waals surface area contributed by atoms with Crippen LogP contribution in [0.4, 0.5) is 0 Å². The second kappa shape index (κ2) is 13.8. The molecule has 0 aromatic heterocycles. The van der Waals surface area contributed by atoms with Gasteiger partial charge in [-0.05, 0) is 50.6 Å². The number of rotatable bonds is 12. The van der Waals surface area contributed by atoms with Crippen LogP contribution in [0.15, 0.2) is 30.3 Å². The minimum Gasteiger partial charge on any atom is -1.00 e.